The van der Waals surface area contributed by atoms with Crippen molar-refractivity contribution in [2.45, 2.75) is 6.61 Å². The van der Waals surface area contributed by atoms with Crippen LogP contribution in [0.25, 0.3) is 5.76 Å². The van der Waals surface area contributed by atoms with Crippen LogP contribution in [-0.4, -0.2) is 9.97 Å². The lowest BCUT2D eigenvalue weighted by Gasteiger charge is -2.08. The van der Waals surface area contributed by atoms with E-state index in [1.54, 1.807) is 18.6 Å². The molecule has 17 heavy (non-hydrogen) atoms. The van der Waals surface area contributed by atoms with Gasteiger partial charge in [-0.1, -0.05) is 30.3 Å². The second kappa shape index (κ2) is 5.65. The Balaban J connectivity index is 2.03. The van der Waals surface area contributed by atoms with Gasteiger partial charge in [0, 0.05) is 18.6 Å². The molecule has 2 aromatic rings. The molecule has 0 fully saturated rings. The Hall–Kier alpha value is -2.36. The van der Waals surface area contributed by atoms with E-state index in [1.165, 1.54) is 6.20 Å². The van der Waals surface area contributed by atoms with Gasteiger partial charge in [0.25, 0.3) is 0 Å². The molecule has 1 aromatic heterocycles. The molecule has 0 bridgehead atoms. The second-order valence-electron chi connectivity index (χ2n) is 3.40. The highest BCUT2D eigenvalue weighted by Gasteiger charge is 2.03. The van der Waals surface area contributed by atoms with E-state index < -0.39 is 0 Å². The molecule has 0 aliphatic heterocycles. The van der Waals surface area contributed by atoms with Gasteiger partial charge in [0.2, 0.25) is 0 Å². The van der Waals surface area contributed by atoms with Crippen molar-refractivity contribution < 1.29 is 4.74 Å². The Morgan fingerprint density at radius 1 is 1.24 bits per heavy atom. The van der Waals surface area contributed by atoms with Gasteiger partial charge in [-0.05, 0) is 5.56 Å². The topological polar surface area (TPSA) is 61.0 Å². The van der Waals surface area contributed by atoms with E-state index in [4.69, 9.17) is 10.5 Å². The van der Waals surface area contributed by atoms with Gasteiger partial charge >= 0.3 is 0 Å². The van der Waals surface area contributed by atoms with Gasteiger partial charge in [-0.3, -0.25) is 4.98 Å². The van der Waals surface area contributed by atoms with E-state index in [1.807, 2.05) is 30.3 Å². The predicted molar refractivity (Wildman–Crippen MR) is 65.4 cm³/mol. The number of rotatable bonds is 4. The van der Waals surface area contributed by atoms with E-state index in [9.17, 15) is 0 Å². The molecule has 0 aliphatic rings. The second-order valence-corrected chi connectivity index (χ2v) is 3.40. The zero-order valence-corrected chi connectivity index (χ0v) is 9.28. The van der Waals surface area contributed by atoms with Crippen molar-refractivity contribution in [1.29, 1.82) is 0 Å². The molecule has 0 aliphatic carbocycles. The minimum Gasteiger partial charge on any atom is -0.485 e. The van der Waals surface area contributed by atoms with Crippen LogP contribution >= 0.6 is 0 Å². The van der Waals surface area contributed by atoms with Gasteiger partial charge < -0.3 is 10.5 Å². The number of benzene rings is 1. The molecular weight excluding hydrogens is 214 g/mol. The minimum absolute atomic E-state index is 0.459. The fraction of sp³-hybridized carbons (Fsp3) is 0.0769. The summed E-state index contributed by atoms with van der Waals surface area (Å²) in [6.45, 7) is 0.459. The highest BCUT2D eigenvalue weighted by molar-refractivity contribution is 5.54. The molecule has 0 atom stereocenters. The quantitative estimate of drug-likeness (QED) is 0.811. The largest absolute Gasteiger partial charge is 0.485 e. The van der Waals surface area contributed by atoms with Crippen LogP contribution in [0.15, 0.2) is 55.1 Å². The third-order valence-corrected chi connectivity index (χ3v) is 2.20. The van der Waals surface area contributed by atoms with E-state index >= 15 is 0 Å². The molecule has 0 unspecified atom stereocenters. The highest BCUT2D eigenvalue weighted by Crippen LogP contribution is 2.13. The molecule has 0 saturated carbocycles. The van der Waals surface area contributed by atoms with Crippen LogP contribution in [0.1, 0.15) is 11.3 Å². The van der Waals surface area contributed by atoms with Crippen LogP contribution in [0.2, 0.25) is 0 Å². The van der Waals surface area contributed by atoms with E-state index in [0.717, 1.165) is 5.56 Å². The van der Waals surface area contributed by atoms with Crippen LogP contribution in [-0.2, 0) is 11.3 Å². The van der Waals surface area contributed by atoms with Crippen LogP contribution in [0, 0.1) is 0 Å². The fourth-order valence-corrected chi connectivity index (χ4v) is 1.37. The number of nitrogens with zero attached hydrogens (tertiary/aromatic N) is 2. The van der Waals surface area contributed by atoms with Crippen molar-refractivity contribution in [2.24, 2.45) is 5.73 Å². The Kier molecular flexibility index (Phi) is 3.70. The van der Waals surface area contributed by atoms with Crippen LogP contribution < -0.4 is 5.73 Å². The van der Waals surface area contributed by atoms with Crippen molar-refractivity contribution in [3.8, 4) is 0 Å². The molecule has 2 N–H and O–H groups in total. The lowest BCUT2D eigenvalue weighted by Crippen LogP contribution is -1.99. The molecule has 1 aromatic carbocycles. The zero-order valence-electron chi connectivity index (χ0n) is 9.28. The highest BCUT2D eigenvalue weighted by atomic mass is 16.5. The first-order valence-corrected chi connectivity index (χ1v) is 5.25. The number of ether oxygens (including phenoxy) is 1. The third-order valence-electron chi connectivity index (χ3n) is 2.20. The Morgan fingerprint density at radius 2 is 2.06 bits per heavy atom. The standard InChI is InChI=1S/C13H13N3O/c14-8-13(12-9-15-6-7-16-12)17-10-11-4-2-1-3-5-11/h1-9H,10,14H2. The number of aromatic nitrogens is 2. The van der Waals surface area contributed by atoms with Crippen molar-refractivity contribution in [2.75, 3.05) is 0 Å². The van der Waals surface area contributed by atoms with Crippen LogP contribution in [0.5, 0.6) is 0 Å². The van der Waals surface area contributed by atoms with Gasteiger partial charge in [0.1, 0.15) is 12.3 Å². The zero-order chi connectivity index (χ0) is 11.9. The van der Waals surface area contributed by atoms with Crippen molar-refractivity contribution >= 4 is 5.76 Å². The summed E-state index contributed by atoms with van der Waals surface area (Å²) in [5, 5.41) is 0. The molecule has 1 heterocycles. The molecule has 0 radical (unpaired) electrons. The first-order chi connectivity index (χ1) is 8.40. The monoisotopic (exact) mass is 227 g/mol. The summed E-state index contributed by atoms with van der Waals surface area (Å²) in [6, 6.07) is 9.88. The van der Waals surface area contributed by atoms with E-state index in [0.29, 0.717) is 18.1 Å². The normalized spacial score (nSPS) is 11.2. The maximum Gasteiger partial charge on any atom is 0.162 e. The molecule has 0 spiro atoms. The molecule has 0 saturated heterocycles. The lowest BCUT2D eigenvalue weighted by atomic mass is 10.2. The summed E-state index contributed by atoms with van der Waals surface area (Å²) in [5.41, 5.74) is 7.22. The summed E-state index contributed by atoms with van der Waals surface area (Å²) >= 11 is 0. The fourth-order valence-electron chi connectivity index (χ4n) is 1.37. The maximum atomic E-state index is 5.60. The van der Waals surface area contributed by atoms with Crippen LogP contribution in [0.3, 0.4) is 0 Å². The predicted octanol–water partition coefficient (Wildman–Crippen LogP) is 1.95. The van der Waals surface area contributed by atoms with Gasteiger partial charge in [-0.15, -0.1) is 0 Å². The molecule has 86 valence electrons. The Labute approximate surface area is 99.8 Å². The van der Waals surface area contributed by atoms with E-state index in [2.05, 4.69) is 9.97 Å². The average molecular weight is 227 g/mol. The van der Waals surface area contributed by atoms with Gasteiger partial charge in [0.15, 0.2) is 5.76 Å². The lowest BCUT2D eigenvalue weighted by molar-refractivity contribution is 0.262. The van der Waals surface area contributed by atoms with Gasteiger partial charge in [0.05, 0.1) is 6.20 Å². The number of nitrogens with two attached hydrogens (primary N) is 1. The maximum absolute atomic E-state index is 5.60. The molecule has 4 nitrogen and oxygen atoms in total. The van der Waals surface area contributed by atoms with Gasteiger partial charge in [-0.25, -0.2) is 4.98 Å². The third kappa shape index (κ3) is 3.04. The number of hydrogen-bond acceptors (Lipinski definition) is 4. The summed E-state index contributed by atoms with van der Waals surface area (Å²) in [4.78, 5) is 8.10. The van der Waals surface area contributed by atoms with Crippen molar-refractivity contribution in [3.05, 3.63) is 66.4 Å². The summed E-state index contributed by atoms with van der Waals surface area (Å²) in [6.07, 6.45) is 6.22. The smallest absolute Gasteiger partial charge is 0.162 e. The Morgan fingerprint density at radius 3 is 2.71 bits per heavy atom. The van der Waals surface area contributed by atoms with Crippen LogP contribution in [0.4, 0.5) is 0 Å². The summed E-state index contributed by atoms with van der Waals surface area (Å²) in [7, 11) is 0. The molecule has 0 amide bonds. The minimum atomic E-state index is 0.459. The number of hydrogen-bond donors (Lipinski definition) is 1. The first kappa shape index (κ1) is 11.1. The van der Waals surface area contributed by atoms with Crippen molar-refractivity contribution in [1.82, 2.24) is 9.97 Å². The molecule has 4 heteroatoms. The Bertz CT molecular complexity index is 483. The van der Waals surface area contributed by atoms with E-state index in [-0.39, 0.29) is 0 Å². The van der Waals surface area contributed by atoms with Crippen molar-refractivity contribution in [3.63, 3.8) is 0 Å². The molecule has 2 rings (SSSR count). The first-order valence-electron chi connectivity index (χ1n) is 5.25. The van der Waals surface area contributed by atoms with Gasteiger partial charge in [-0.2, -0.15) is 0 Å². The molecular formula is C13H13N3O. The SMILES string of the molecule is NC=C(OCc1ccccc1)c1cnccn1. The summed E-state index contributed by atoms with van der Waals surface area (Å²) in [5.74, 6) is 0.530. The average Bonchev–Trinajstić information content (AvgIpc) is 2.42. The summed E-state index contributed by atoms with van der Waals surface area (Å²) < 4.78 is 5.60.